The summed E-state index contributed by atoms with van der Waals surface area (Å²) in [7, 11) is 0. The number of halogens is 2. The maximum atomic E-state index is 10.6. The first kappa shape index (κ1) is 10.7. The summed E-state index contributed by atoms with van der Waals surface area (Å²) in [5.74, 6) is -1.08. The normalized spacial score (nSPS) is 12.5. The number of carboxylic acid groups (broad SMARTS) is 1. The summed E-state index contributed by atoms with van der Waals surface area (Å²) >= 11 is 7.83. The van der Waals surface area contributed by atoms with Crippen LogP contribution in [0.2, 0.25) is 5.02 Å². The molecule has 0 aliphatic rings. The van der Waals surface area contributed by atoms with Gasteiger partial charge in [0, 0.05) is 14.2 Å². The number of hydrogen-bond donors (Lipinski definition) is 2. The van der Waals surface area contributed by atoms with E-state index >= 15 is 0 Å². The minimum atomic E-state index is -1.08. The van der Waals surface area contributed by atoms with Gasteiger partial charge in [-0.05, 0) is 34.7 Å². The highest BCUT2D eigenvalue weighted by molar-refractivity contribution is 14.1. The molecule has 1 aromatic carbocycles. The zero-order valence-corrected chi connectivity index (χ0v) is 9.41. The van der Waals surface area contributed by atoms with Crippen LogP contribution in [0.1, 0.15) is 11.6 Å². The molecule has 3 N–H and O–H groups in total. The molecule has 0 aromatic heterocycles. The van der Waals surface area contributed by atoms with E-state index in [9.17, 15) is 4.79 Å². The van der Waals surface area contributed by atoms with Gasteiger partial charge in [0.25, 0.3) is 0 Å². The van der Waals surface area contributed by atoms with E-state index in [1.165, 1.54) is 0 Å². The highest BCUT2D eigenvalue weighted by Gasteiger charge is 2.19. The van der Waals surface area contributed by atoms with Gasteiger partial charge in [-0.1, -0.05) is 17.7 Å². The van der Waals surface area contributed by atoms with Crippen LogP contribution >= 0.6 is 34.2 Å². The van der Waals surface area contributed by atoms with Gasteiger partial charge in [-0.25, -0.2) is 0 Å². The molecule has 0 bridgehead atoms. The third kappa shape index (κ3) is 2.32. The summed E-state index contributed by atoms with van der Waals surface area (Å²) < 4.78 is 0.764. The monoisotopic (exact) mass is 311 g/mol. The van der Waals surface area contributed by atoms with Crippen LogP contribution in [0.3, 0.4) is 0 Å². The second-order valence-corrected chi connectivity index (χ2v) is 4.02. The molecule has 70 valence electrons. The van der Waals surface area contributed by atoms with Gasteiger partial charge < -0.3 is 10.8 Å². The van der Waals surface area contributed by atoms with Crippen molar-refractivity contribution in [2.24, 2.45) is 5.73 Å². The zero-order valence-electron chi connectivity index (χ0n) is 6.50. The Kier molecular flexibility index (Phi) is 3.52. The molecule has 0 saturated heterocycles. The summed E-state index contributed by atoms with van der Waals surface area (Å²) in [5.41, 5.74) is 5.92. The Balaban J connectivity index is 3.20. The Morgan fingerprint density at radius 2 is 2.23 bits per heavy atom. The Labute approximate surface area is 94.0 Å². The first-order chi connectivity index (χ1) is 6.04. The highest BCUT2D eigenvalue weighted by atomic mass is 127. The van der Waals surface area contributed by atoms with E-state index in [4.69, 9.17) is 22.4 Å². The first-order valence-electron chi connectivity index (χ1n) is 3.46. The quantitative estimate of drug-likeness (QED) is 0.822. The van der Waals surface area contributed by atoms with E-state index < -0.39 is 12.0 Å². The Morgan fingerprint density at radius 3 is 2.69 bits per heavy atom. The van der Waals surface area contributed by atoms with E-state index in [2.05, 4.69) is 0 Å². The van der Waals surface area contributed by atoms with Crippen molar-refractivity contribution in [1.82, 2.24) is 0 Å². The lowest BCUT2D eigenvalue weighted by Crippen LogP contribution is -2.22. The van der Waals surface area contributed by atoms with Crippen LogP contribution in [0.15, 0.2) is 18.2 Å². The first-order valence-corrected chi connectivity index (χ1v) is 4.92. The molecule has 0 amide bonds. The minimum absolute atomic E-state index is 0.391. The lowest BCUT2D eigenvalue weighted by atomic mass is 10.1. The number of nitrogens with two attached hydrogens (primary N) is 1. The molecule has 1 aromatic rings. The van der Waals surface area contributed by atoms with Crippen LogP contribution in [0.25, 0.3) is 0 Å². The molecule has 0 heterocycles. The summed E-state index contributed by atoms with van der Waals surface area (Å²) in [5, 5.41) is 9.09. The maximum Gasteiger partial charge on any atom is 0.325 e. The Bertz CT molecular complexity index is 323. The highest BCUT2D eigenvalue weighted by Crippen LogP contribution is 2.26. The zero-order chi connectivity index (χ0) is 10.0. The molecule has 3 nitrogen and oxygen atoms in total. The fraction of sp³-hybridized carbons (Fsp3) is 0.125. The van der Waals surface area contributed by atoms with Crippen molar-refractivity contribution in [1.29, 1.82) is 0 Å². The van der Waals surface area contributed by atoms with Crippen LogP contribution in [0.4, 0.5) is 0 Å². The lowest BCUT2D eigenvalue weighted by Gasteiger charge is -2.10. The topological polar surface area (TPSA) is 63.3 Å². The molecule has 5 heteroatoms. The molecule has 0 spiro atoms. The Hall–Kier alpha value is -0.330. The van der Waals surface area contributed by atoms with Gasteiger partial charge in [0.1, 0.15) is 6.04 Å². The number of carbonyl (C=O) groups is 1. The molecule has 0 saturated carbocycles. The van der Waals surface area contributed by atoms with Crippen molar-refractivity contribution in [2.45, 2.75) is 6.04 Å². The summed E-state index contributed by atoms with van der Waals surface area (Å²) in [6.45, 7) is 0. The standard InChI is InChI=1S/C8H7ClINO2/c9-4-2-1-3-5(10)6(4)7(11)8(12)13/h1-3,7H,11H2,(H,12,13). The predicted octanol–water partition coefficient (Wildman–Crippen LogP) is 2.03. The van der Waals surface area contributed by atoms with Gasteiger partial charge >= 0.3 is 5.97 Å². The average molecular weight is 312 g/mol. The lowest BCUT2D eigenvalue weighted by molar-refractivity contribution is -0.138. The average Bonchev–Trinajstić information content (AvgIpc) is 2.03. The summed E-state index contributed by atoms with van der Waals surface area (Å²) in [6, 6.07) is 4.09. The number of carboxylic acids is 1. The van der Waals surface area contributed by atoms with Crippen molar-refractivity contribution in [3.63, 3.8) is 0 Å². The molecular formula is C8H7ClINO2. The molecule has 0 aliphatic heterocycles. The van der Waals surface area contributed by atoms with Crippen LogP contribution in [0.5, 0.6) is 0 Å². The van der Waals surface area contributed by atoms with Crippen LogP contribution in [-0.2, 0) is 4.79 Å². The fourth-order valence-corrected chi connectivity index (χ4v) is 2.22. The van der Waals surface area contributed by atoms with Gasteiger partial charge in [0.05, 0.1) is 0 Å². The molecule has 0 radical (unpaired) electrons. The second kappa shape index (κ2) is 4.26. The minimum Gasteiger partial charge on any atom is -0.480 e. The molecule has 1 rings (SSSR count). The van der Waals surface area contributed by atoms with Gasteiger partial charge in [-0.15, -0.1) is 0 Å². The van der Waals surface area contributed by atoms with Crippen LogP contribution in [-0.4, -0.2) is 11.1 Å². The second-order valence-electron chi connectivity index (χ2n) is 2.45. The van der Waals surface area contributed by atoms with Crippen LogP contribution in [0, 0.1) is 3.57 Å². The molecular weight excluding hydrogens is 304 g/mol. The SMILES string of the molecule is NC(C(=O)O)c1c(Cl)cccc1I. The predicted molar refractivity (Wildman–Crippen MR) is 58.7 cm³/mol. The van der Waals surface area contributed by atoms with E-state index in [0.29, 0.717) is 10.6 Å². The van der Waals surface area contributed by atoms with E-state index in [-0.39, 0.29) is 0 Å². The van der Waals surface area contributed by atoms with Gasteiger partial charge in [0.2, 0.25) is 0 Å². The van der Waals surface area contributed by atoms with Crippen molar-refractivity contribution in [3.8, 4) is 0 Å². The number of rotatable bonds is 2. The van der Waals surface area contributed by atoms with Gasteiger partial charge in [-0.2, -0.15) is 0 Å². The number of hydrogen-bond acceptors (Lipinski definition) is 2. The summed E-state index contributed by atoms with van der Waals surface area (Å²) in [6.07, 6.45) is 0. The fourth-order valence-electron chi connectivity index (χ4n) is 0.931. The van der Waals surface area contributed by atoms with Crippen molar-refractivity contribution >= 4 is 40.2 Å². The van der Waals surface area contributed by atoms with E-state index in [1.54, 1.807) is 18.2 Å². The molecule has 13 heavy (non-hydrogen) atoms. The number of benzene rings is 1. The third-order valence-electron chi connectivity index (χ3n) is 1.58. The number of aliphatic carboxylic acids is 1. The van der Waals surface area contributed by atoms with E-state index in [1.807, 2.05) is 22.6 Å². The van der Waals surface area contributed by atoms with Crippen molar-refractivity contribution < 1.29 is 9.90 Å². The van der Waals surface area contributed by atoms with Gasteiger partial charge in [0.15, 0.2) is 0 Å². The molecule has 0 fully saturated rings. The largest absolute Gasteiger partial charge is 0.480 e. The van der Waals surface area contributed by atoms with Gasteiger partial charge in [-0.3, -0.25) is 4.79 Å². The van der Waals surface area contributed by atoms with E-state index in [0.717, 1.165) is 3.57 Å². The van der Waals surface area contributed by atoms with Crippen molar-refractivity contribution in [3.05, 3.63) is 32.4 Å². The smallest absolute Gasteiger partial charge is 0.325 e. The molecule has 1 unspecified atom stereocenters. The van der Waals surface area contributed by atoms with Crippen molar-refractivity contribution in [2.75, 3.05) is 0 Å². The third-order valence-corrected chi connectivity index (χ3v) is 2.85. The molecule has 0 aliphatic carbocycles. The molecule has 1 atom stereocenters. The maximum absolute atomic E-state index is 10.6. The van der Waals surface area contributed by atoms with Crippen LogP contribution < -0.4 is 5.73 Å². The summed E-state index contributed by atoms with van der Waals surface area (Å²) in [4.78, 5) is 10.6. The Morgan fingerprint density at radius 1 is 1.62 bits per heavy atom.